The van der Waals surface area contributed by atoms with E-state index >= 15 is 0 Å². The van der Waals surface area contributed by atoms with Crippen molar-refractivity contribution in [3.8, 4) is 0 Å². The summed E-state index contributed by atoms with van der Waals surface area (Å²) >= 11 is 1.49. The van der Waals surface area contributed by atoms with Crippen LogP contribution in [0.15, 0.2) is 16.5 Å². The second-order valence-corrected chi connectivity index (χ2v) is 8.95. The molecule has 0 aliphatic heterocycles. The first-order valence-electron chi connectivity index (χ1n) is 9.37. The van der Waals surface area contributed by atoms with Crippen molar-refractivity contribution < 1.29 is 18.7 Å². The maximum absolute atomic E-state index is 12.5. The number of nitrogens with one attached hydrogen (secondary N) is 1. The largest absolute Gasteiger partial charge is 0.465 e. The summed E-state index contributed by atoms with van der Waals surface area (Å²) in [6.07, 6.45) is 3.92. The zero-order valence-corrected chi connectivity index (χ0v) is 17.4. The van der Waals surface area contributed by atoms with Crippen molar-refractivity contribution in [2.75, 3.05) is 12.4 Å². The highest BCUT2D eigenvalue weighted by Gasteiger charge is 2.35. The molecule has 0 aromatic carbocycles. The van der Waals surface area contributed by atoms with Gasteiger partial charge in [0.15, 0.2) is 5.76 Å². The monoisotopic (exact) mass is 389 g/mol. The number of esters is 1. The summed E-state index contributed by atoms with van der Waals surface area (Å²) in [6, 6.07) is 3.38. The Labute approximate surface area is 164 Å². The quantitative estimate of drug-likeness (QED) is 0.711. The molecule has 3 rings (SSSR count). The lowest BCUT2D eigenvalue weighted by Crippen LogP contribution is -2.28. The van der Waals surface area contributed by atoms with Crippen LogP contribution in [0.3, 0.4) is 0 Å². The van der Waals surface area contributed by atoms with Gasteiger partial charge in [0.05, 0.1) is 12.7 Å². The van der Waals surface area contributed by atoms with Crippen molar-refractivity contribution in [2.24, 2.45) is 11.3 Å². The number of furan rings is 1. The fraction of sp³-hybridized carbons (Fsp3) is 0.524. The van der Waals surface area contributed by atoms with Crippen molar-refractivity contribution in [1.29, 1.82) is 0 Å². The number of rotatable bonds is 5. The van der Waals surface area contributed by atoms with Gasteiger partial charge in [-0.15, -0.1) is 11.3 Å². The van der Waals surface area contributed by atoms with E-state index in [9.17, 15) is 9.59 Å². The predicted molar refractivity (Wildman–Crippen MR) is 107 cm³/mol. The third-order valence-electron chi connectivity index (χ3n) is 5.86. The third-order valence-corrected chi connectivity index (χ3v) is 7.03. The van der Waals surface area contributed by atoms with Crippen LogP contribution >= 0.6 is 11.3 Å². The van der Waals surface area contributed by atoms with Gasteiger partial charge in [0.2, 0.25) is 0 Å². The molecule has 0 radical (unpaired) electrons. The van der Waals surface area contributed by atoms with Crippen LogP contribution in [0.4, 0.5) is 5.00 Å². The Hall–Kier alpha value is -2.08. The molecule has 1 N–H and O–H groups in total. The molecular formula is C21H27NO4S. The molecule has 0 spiro atoms. The standard InChI is InChI=1S/C21H27NO4S/c1-6-21(3,4)13-8-9-14-16(11-13)27-19(17(14)20(24)25-5)22-18(23)15-10-7-12(2)26-15/h7,10,13H,6,8-9,11H2,1-5H3,(H,22,23)/t13-/m1/s1. The highest BCUT2D eigenvalue weighted by atomic mass is 32.1. The van der Waals surface area contributed by atoms with E-state index in [1.165, 1.54) is 23.3 Å². The van der Waals surface area contributed by atoms with Crippen LogP contribution in [0.2, 0.25) is 0 Å². The molecule has 27 heavy (non-hydrogen) atoms. The topological polar surface area (TPSA) is 68.5 Å². The fourth-order valence-electron chi connectivity index (χ4n) is 3.67. The van der Waals surface area contributed by atoms with Gasteiger partial charge >= 0.3 is 5.97 Å². The summed E-state index contributed by atoms with van der Waals surface area (Å²) < 4.78 is 10.4. The van der Waals surface area contributed by atoms with Gasteiger partial charge in [0.1, 0.15) is 10.8 Å². The number of hydrogen-bond acceptors (Lipinski definition) is 5. The average molecular weight is 390 g/mol. The molecule has 0 bridgehead atoms. The first-order valence-corrected chi connectivity index (χ1v) is 10.2. The van der Waals surface area contributed by atoms with Crippen LogP contribution in [0.5, 0.6) is 0 Å². The minimum absolute atomic E-state index is 0.236. The van der Waals surface area contributed by atoms with Crippen molar-refractivity contribution >= 4 is 28.2 Å². The Morgan fingerprint density at radius 3 is 2.70 bits per heavy atom. The molecule has 5 nitrogen and oxygen atoms in total. The lowest BCUT2D eigenvalue weighted by atomic mass is 9.69. The highest BCUT2D eigenvalue weighted by Crippen LogP contribution is 2.45. The molecule has 1 amide bonds. The van der Waals surface area contributed by atoms with Crippen LogP contribution < -0.4 is 5.32 Å². The van der Waals surface area contributed by atoms with Crippen molar-refractivity contribution in [1.82, 2.24) is 0 Å². The van der Waals surface area contributed by atoms with E-state index in [2.05, 4.69) is 26.1 Å². The van der Waals surface area contributed by atoms with Crippen molar-refractivity contribution in [3.05, 3.63) is 39.7 Å². The Morgan fingerprint density at radius 1 is 1.37 bits per heavy atom. The molecule has 2 aromatic heterocycles. The summed E-state index contributed by atoms with van der Waals surface area (Å²) in [4.78, 5) is 26.1. The Bertz CT molecular complexity index is 862. The van der Waals surface area contributed by atoms with E-state index in [0.29, 0.717) is 22.2 Å². The smallest absolute Gasteiger partial charge is 0.341 e. The Balaban J connectivity index is 1.93. The Kier molecular flexibility index (Phi) is 5.47. The molecule has 1 aliphatic carbocycles. The number of hydrogen-bond donors (Lipinski definition) is 1. The van der Waals surface area contributed by atoms with Crippen molar-refractivity contribution in [3.63, 3.8) is 0 Å². The predicted octanol–water partition coefficient (Wildman–Crippen LogP) is 5.23. The molecule has 146 valence electrons. The summed E-state index contributed by atoms with van der Waals surface area (Å²) in [5, 5.41) is 3.42. The van der Waals surface area contributed by atoms with Gasteiger partial charge in [-0.2, -0.15) is 0 Å². The van der Waals surface area contributed by atoms with Gasteiger partial charge in [0.25, 0.3) is 5.91 Å². The summed E-state index contributed by atoms with van der Waals surface area (Å²) in [6.45, 7) is 8.62. The van der Waals surface area contributed by atoms with E-state index in [1.54, 1.807) is 19.1 Å². The summed E-state index contributed by atoms with van der Waals surface area (Å²) in [5.74, 6) is 0.725. The number of ether oxygens (including phenoxy) is 1. The van der Waals surface area contributed by atoms with Crippen LogP contribution in [0.1, 0.15) is 70.7 Å². The van der Waals surface area contributed by atoms with Gasteiger partial charge in [-0.05, 0) is 55.2 Å². The van der Waals surface area contributed by atoms with Gasteiger partial charge in [-0.3, -0.25) is 4.79 Å². The zero-order valence-electron chi connectivity index (χ0n) is 16.6. The number of carbonyl (C=O) groups is 2. The number of methoxy groups -OCH3 is 1. The fourth-order valence-corrected chi connectivity index (χ4v) is 4.98. The lowest BCUT2D eigenvalue weighted by Gasteiger charge is -2.36. The average Bonchev–Trinajstić information content (AvgIpc) is 3.23. The van der Waals surface area contributed by atoms with Gasteiger partial charge in [-0.25, -0.2) is 4.79 Å². The van der Waals surface area contributed by atoms with Crippen molar-refractivity contribution in [2.45, 2.75) is 53.4 Å². The van der Waals surface area contributed by atoms with Gasteiger partial charge < -0.3 is 14.5 Å². The van der Waals surface area contributed by atoms with E-state index < -0.39 is 5.97 Å². The molecule has 1 atom stereocenters. The number of carbonyl (C=O) groups excluding carboxylic acids is 2. The number of fused-ring (bicyclic) bond motifs is 1. The number of thiophene rings is 1. The minimum Gasteiger partial charge on any atom is -0.465 e. The van der Waals surface area contributed by atoms with Crippen LogP contribution in [-0.2, 0) is 17.6 Å². The molecule has 0 unspecified atom stereocenters. The maximum atomic E-state index is 12.5. The molecule has 1 aliphatic rings. The molecule has 0 saturated carbocycles. The maximum Gasteiger partial charge on any atom is 0.341 e. The van der Waals surface area contributed by atoms with Gasteiger partial charge in [-0.1, -0.05) is 27.2 Å². The van der Waals surface area contributed by atoms with Gasteiger partial charge in [0, 0.05) is 4.88 Å². The summed E-state index contributed by atoms with van der Waals surface area (Å²) in [5.41, 5.74) is 1.78. The van der Waals surface area contributed by atoms with E-state index in [4.69, 9.17) is 9.15 Å². The first-order chi connectivity index (χ1) is 12.8. The number of aryl methyl sites for hydroxylation is 1. The van der Waals surface area contributed by atoms with E-state index in [0.717, 1.165) is 31.2 Å². The van der Waals surface area contributed by atoms with Crippen LogP contribution in [0.25, 0.3) is 0 Å². The minimum atomic E-state index is -0.397. The lowest BCUT2D eigenvalue weighted by molar-refractivity contribution is 0.0600. The molecule has 2 heterocycles. The van der Waals surface area contributed by atoms with E-state index in [1.807, 2.05) is 0 Å². The highest BCUT2D eigenvalue weighted by molar-refractivity contribution is 7.17. The molecule has 6 heteroatoms. The Morgan fingerprint density at radius 2 is 2.11 bits per heavy atom. The number of amides is 1. The first kappa shape index (κ1) is 19.7. The second-order valence-electron chi connectivity index (χ2n) is 7.85. The molecular weight excluding hydrogens is 362 g/mol. The normalized spacial score (nSPS) is 16.7. The SMILES string of the molecule is CCC(C)(C)[C@@H]1CCc2c(sc(NC(=O)c3ccc(C)o3)c2C(=O)OC)C1. The van der Waals surface area contributed by atoms with E-state index in [-0.39, 0.29) is 17.1 Å². The molecule has 0 saturated heterocycles. The third kappa shape index (κ3) is 3.81. The molecule has 2 aromatic rings. The second kappa shape index (κ2) is 7.50. The zero-order chi connectivity index (χ0) is 19.8. The van der Waals surface area contributed by atoms with Crippen LogP contribution in [-0.4, -0.2) is 19.0 Å². The molecule has 0 fully saturated rings. The number of anilines is 1. The summed E-state index contributed by atoms with van der Waals surface area (Å²) in [7, 11) is 1.37. The van der Waals surface area contributed by atoms with Crippen LogP contribution in [0, 0.1) is 18.3 Å².